The molecule has 0 aliphatic carbocycles. The molecule has 3 aromatic heterocycles. The van der Waals surface area contributed by atoms with Gasteiger partial charge in [-0.05, 0) is 49.7 Å². The van der Waals surface area contributed by atoms with Crippen molar-refractivity contribution in [2.75, 3.05) is 22.1 Å². The molecule has 0 spiro atoms. The molecule has 184 valence electrons. The van der Waals surface area contributed by atoms with Gasteiger partial charge >= 0.3 is 0 Å². The van der Waals surface area contributed by atoms with Crippen LogP contribution in [0.5, 0.6) is 5.75 Å². The molecule has 2 aliphatic heterocycles. The van der Waals surface area contributed by atoms with Crippen LogP contribution in [0.1, 0.15) is 41.8 Å². The van der Waals surface area contributed by atoms with E-state index in [-0.39, 0.29) is 17.9 Å². The summed E-state index contributed by atoms with van der Waals surface area (Å²) in [4.78, 5) is 39.3. The monoisotopic (exact) mass is 492 g/mol. The van der Waals surface area contributed by atoms with E-state index in [0.29, 0.717) is 29.2 Å². The zero-order valence-corrected chi connectivity index (χ0v) is 20.1. The summed E-state index contributed by atoms with van der Waals surface area (Å²) in [6.45, 7) is 2.74. The van der Waals surface area contributed by atoms with Crippen LogP contribution in [0.3, 0.4) is 0 Å². The second-order valence-corrected chi connectivity index (χ2v) is 9.03. The number of amides is 2. The fourth-order valence-corrected chi connectivity index (χ4v) is 4.70. The van der Waals surface area contributed by atoms with E-state index in [1.165, 1.54) is 6.20 Å². The van der Waals surface area contributed by atoms with Crippen LogP contribution in [0.4, 0.5) is 22.9 Å². The van der Waals surface area contributed by atoms with Gasteiger partial charge in [0, 0.05) is 60.0 Å². The molecule has 1 aromatic carbocycles. The fourth-order valence-electron chi connectivity index (χ4n) is 4.70. The van der Waals surface area contributed by atoms with Gasteiger partial charge in [0.05, 0.1) is 29.3 Å². The van der Waals surface area contributed by atoms with E-state index >= 15 is 0 Å². The molecular weight excluding hydrogens is 468 g/mol. The summed E-state index contributed by atoms with van der Waals surface area (Å²) in [7, 11) is 0. The highest BCUT2D eigenvalue weighted by atomic mass is 16.5. The lowest BCUT2D eigenvalue weighted by Crippen LogP contribution is -2.24. The predicted molar refractivity (Wildman–Crippen MR) is 140 cm³/mol. The van der Waals surface area contributed by atoms with Crippen molar-refractivity contribution in [1.29, 1.82) is 0 Å². The molecule has 1 atom stereocenters. The van der Waals surface area contributed by atoms with Crippen molar-refractivity contribution < 1.29 is 14.3 Å². The largest absolute Gasteiger partial charge is 0.485 e. The molecular formula is C28H24N6O3. The smallest absolute Gasteiger partial charge is 0.257 e. The van der Waals surface area contributed by atoms with Gasteiger partial charge in [-0.25, -0.2) is 4.98 Å². The summed E-state index contributed by atoms with van der Waals surface area (Å²) in [6.07, 6.45) is 9.48. The van der Waals surface area contributed by atoms with Crippen molar-refractivity contribution in [3.05, 3.63) is 84.6 Å². The summed E-state index contributed by atoms with van der Waals surface area (Å²) in [5.41, 5.74) is 5.51. The average Bonchev–Trinajstić information content (AvgIpc) is 3.35. The SMILES string of the molecule is CC1Oc2cc(N3CCCC3=O)ccc2-c2cnc(Nc3cncc(NC(=O)c4cccnc4)c3)cc21. The van der Waals surface area contributed by atoms with Gasteiger partial charge in [-0.3, -0.25) is 19.6 Å². The third-order valence-corrected chi connectivity index (χ3v) is 6.51. The van der Waals surface area contributed by atoms with E-state index in [2.05, 4.69) is 25.6 Å². The molecule has 0 saturated carbocycles. The maximum Gasteiger partial charge on any atom is 0.257 e. The van der Waals surface area contributed by atoms with Crippen molar-refractivity contribution in [3.63, 3.8) is 0 Å². The molecule has 0 bridgehead atoms. The minimum Gasteiger partial charge on any atom is -0.485 e. The van der Waals surface area contributed by atoms with Crippen LogP contribution in [-0.2, 0) is 4.79 Å². The second-order valence-electron chi connectivity index (χ2n) is 9.03. The van der Waals surface area contributed by atoms with E-state index in [1.54, 1.807) is 36.8 Å². The Balaban J connectivity index is 1.22. The summed E-state index contributed by atoms with van der Waals surface area (Å²) < 4.78 is 6.25. The Hall–Kier alpha value is -4.79. The predicted octanol–water partition coefficient (Wildman–Crippen LogP) is 5.11. The van der Waals surface area contributed by atoms with Crippen LogP contribution in [0, 0.1) is 0 Å². The van der Waals surface area contributed by atoms with Crippen LogP contribution in [0.15, 0.2) is 73.4 Å². The Kier molecular flexibility index (Phi) is 5.72. The number of hydrogen-bond acceptors (Lipinski definition) is 7. The Labute approximate surface area is 213 Å². The molecule has 2 N–H and O–H groups in total. The van der Waals surface area contributed by atoms with Gasteiger partial charge in [-0.2, -0.15) is 0 Å². The van der Waals surface area contributed by atoms with E-state index in [4.69, 9.17) is 4.74 Å². The molecule has 0 radical (unpaired) electrons. The first-order valence-electron chi connectivity index (χ1n) is 12.1. The molecule has 9 heteroatoms. The quantitative estimate of drug-likeness (QED) is 0.398. The van der Waals surface area contributed by atoms with Crippen LogP contribution in [-0.4, -0.2) is 33.3 Å². The zero-order chi connectivity index (χ0) is 25.4. The number of nitrogens with zero attached hydrogens (tertiary/aromatic N) is 4. The number of ether oxygens (including phenoxy) is 1. The lowest BCUT2D eigenvalue weighted by Gasteiger charge is -2.28. The lowest BCUT2D eigenvalue weighted by atomic mass is 9.94. The molecule has 1 fully saturated rings. The fraction of sp³-hybridized carbons (Fsp3) is 0.179. The lowest BCUT2D eigenvalue weighted by molar-refractivity contribution is -0.117. The maximum absolute atomic E-state index is 12.4. The van der Waals surface area contributed by atoms with Crippen LogP contribution < -0.4 is 20.3 Å². The standard InChI is InChI=1S/C28H24N6O3/c1-17-23-12-26(32-19-10-20(15-30-14-19)33-28(36)18-4-2-8-29-13-18)31-16-24(23)22-7-6-21(11-25(22)37-17)34-9-3-5-27(34)35/h2,4,6-8,10-17H,3,5,9H2,1H3,(H,31,32)(H,33,36). The van der Waals surface area contributed by atoms with Crippen molar-refractivity contribution in [2.45, 2.75) is 25.9 Å². The first kappa shape index (κ1) is 22.7. The molecule has 1 saturated heterocycles. The van der Waals surface area contributed by atoms with Crippen molar-refractivity contribution in [1.82, 2.24) is 15.0 Å². The highest BCUT2D eigenvalue weighted by Crippen LogP contribution is 2.44. The third-order valence-electron chi connectivity index (χ3n) is 6.51. The first-order valence-corrected chi connectivity index (χ1v) is 12.1. The first-order chi connectivity index (χ1) is 18.0. The number of hydrogen-bond donors (Lipinski definition) is 2. The van der Waals surface area contributed by atoms with Gasteiger partial charge in [0.25, 0.3) is 5.91 Å². The highest BCUT2D eigenvalue weighted by Gasteiger charge is 2.27. The van der Waals surface area contributed by atoms with Crippen molar-refractivity contribution >= 4 is 34.7 Å². The number of aromatic nitrogens is 3. The van der Waals surface area contributed by atoms with Crippen LogP contribution in [0.25, 0.3) is 11.1 Å². The Morgan fingerprint density at radius 2 is 1.92 bits per heavy atom. The zero-order valence-electron chi connectivity index (χ0n) is 20.1. The summed E-state index contributed by atoms with van der Waals surface area (Å²) in [6, 6.07) is 13.1. The van der Waals surface area contributed by atoms with Gasteiger partial charge in [-0.1, -0.05) is 0 Å². The second kappa shape index (κ2) is 9.34. The molecule has 5 heterocycles. The van der Waals surface area contributed by atoms with E-state index in [1.807, 2.05) is 42.3 Å². The number of benzene rings is 1. The number of anilines is 4. The highest BCUT2D eigenvalue weighted by molar-refractivity contribution is 6.04. The van der Waals surface area contributed by atoms with E-state index < -0.39 is 0 Å². The molecule has 9 nitrogen and oxygen atoms in total. The van der Waals surface area contributed by atoms with Crippen molar-refractivity contribution in [3.8, 4) is 16.9 Å². The normalized spacial score (nSPS) is 16.0. The van der Waals surface area contributed by atoms with E-state index in [0.717, 1.165) is 41.1 Å². The molecule has 6 rings (SSSR count). The van der Waals surface area contributed by atoms with E-state index in [9.17, 15) is 9.59 Å². The number of nitrogens with one attached hydrogen (secondary N) is 2. The number of fused-ring (bicyclic) bond motifs is 3. The summed E-state index contributed by atoms with van der Waals surface area (Å²) in [5.74, 6) is 1.27. The van der Waals surface area contributed by atoms with Gasteiger partial charge in [0.1, 0.15) is 17.7 Å². The minimum atomic E-state index is -0.263. The van der Waals surface area contributed by atoms with Crippen LogP contribution >= 0.6 is 0 Å². The van der Waals surface area contributed by atoms with Gasteiger partial charge in [0.15, 0.2) is 0 Å². The molecule has 4 aromatic rings. The summed E-state index contributed by atoms with van der Waals surface area (Å²) in [5, 5.41) is 6.10. The summed E-state index contributed by atoms with van der Waals surface area (Å²) >= 11 is 0. The maximum atomic E-state index is 12.4. The van der Waals surface area contributed by atoms with Gasteiger partial charge < -0.3 is 20.3 Å². The Morgan fingerprint density at radius 3 is 2.73 bits per heavy atom. The van der Waals surface area contributed by atoms with Gasteiger partial charge in [0.2, 0.25) is 5.91 Å². The Morgan fingerprint density at radius 1 is 1.03 bits per heavy atom. The number of carbonyl (C=O) groups is 2. The van der Waals surface area contributed by atoms with Gasteiger partial charge in [-0.15, -0.1) is 0 Å². The number of pyridine rings is 3. The van der Waals surface area contributed by atoms with Crippen molar-refractivity contribution in [2.24, 2.45) is 0 Å². The third kappa shape index (κ3) is 4.47. The van der Waals surface area contributed by atoms with Crippen LogP contribution in [0.2, 0.25) is 0 Å². The average molecular weight is 493 g/mol. The Bertz CT molecular complexity index is 1510. The number of rotatable bonds is 5. The molecule has 2 aliphatic rings. The number of carbonyl (C=O) groups excluding carboxylic acids is 2. The topological polar surface area (TPSA) is 109 Å². The molecule has 2 amide bonds. The molecule has 37 heavy (non-hydrogen) atoms. The molecule has 1 unspecified atom stereocenters. The minimum absolute atomic E-state index is 0.150.